The van der Waals surface area contributed by atoms with Crippen LogP contribution < -0.4 is 10.2 Å². The Morgan fingerprint density at radius 2 is 1.23 bits per heavy atom. The van der Waals surface area contributed by atoms with Gasteiger partial charge in [-0.05, 0) is 12.8 Å². The van der Waals surface area contributed by atoms with Gasteiger partial charge in [0.15, 0.2) is 0 Å². The molecule has 0 saturated carbocycles. The molecule has 0 bridgehead atoms. The van der Waals surface area contributed by atoms with Crippen molar-refractivity contribution in [2.75, 3.05) is 40.9 Å². The minimum absolute atomic E-state index is 0.0148. The lowest BCUT2D eigenvalue weighted by molar-refractivity contribution is -0.870. The largest absolute Gasteiger partial charge is 0.756 e. The van der Waals surface area contributed by atoms with Crippen LogP contribution in [0.2, 0.25) is 0 Å². The molecule has 0 aromatic carbocycles. The van der Waals surface area contributed by atoms with E-state index < -0.39 is 20.0 Å². The van der Waals surface area contributed by atoms with Crippen molar-refractivity contribution in [1.82, 2.24) is 5.32 Å². The Morgan fingerprint density at radius 1 is 0.775 bits per heavy atom. The lowest BCUT2D eigenvalue weighted by Crippen LogP contribution is -2.46. The molecule has 0 rings (SSSR count). The van der Waals surface area contributed by atoms with Gasteiger partial charge >= 0.3 is 0 Å². The monoisotopic (exact) mass is 592 g/mol. The van der Waals surface area contributed by atoms with Crippen molar-refractivity contribution in [3.05, 3.63) is 0 Å². The van der Waals surface area contributed by atoms with E-state index in [2.05, 4.69) is 19.2 Å². The van der Waals surface area contributed by atoms with E-state index in [1.54, 1.807) is 0 Å². The van der Waals surface area contributed by atoms with Crippen LogP contribution in [0.4, 0.5) is 0 Å². The molecule has 0 radical (unpaired) electrons. The van der Waals surface area contributed by atoms with Crippen LogP contribution in [0.5, 0.6) is 0 Å². The zero-order chi connectivity index (χ0) is 30.1. The van der Waals surface area contributed by atoms with Gasteiger partial charge in [-0.3, -0.25) is 9.36 Å². The van der Waals surface area contributed by atoms with E-state index in [4.69, 9.17) is 9.05 Å². The molecular weight excluding hydrogens is 527 g/mol. The first-order chi connectivity index (χ1) is 19.0. The fourth-order valence-electron chi connectivity index (χ4n) is 4.62. The summed E-state index contributed by atoms with van der Waals surface area (Å²) >= 11 is 0. The van der Waals surface area contributed by atoms with E-state index in [1.165, 1.54) is 77.0 Å². The van der Waals surface area contributed by atoms with Crippen LogP contribution >= 0.6 is 7.82 Å². The van der Waals surface area contributed by atoms with Crippen LogP contribution in [-0.4, -0.2) is 68.5 Å². The Kier molecular flexibility index (Phi) is 24.7. The molecule has 0 fully saturated rings. The second-order valence-corrected chi connectivity index (χ2v) is 13.9. The van der Waals surface area contributed by atoms with Gasteiger partial charge in [-0.25, -0.2) is 0 Å². The molecule has 8 nitrogen and oxygen atoms in total. The van der Waals surface area contributed by atoms with Crippen LogP contribution in [0.3, 0.4) is 0 Å². The Balaban J connectivity index is 4.56. The minimum atomic E-state index is -4.53. The Morgan fingerprint density at radius 3 is 1.70 bits per heavy atom. The zero-order valence-corrected chi connectivity index (χ0v) is 27.7. The average Bonchev–Trinajstić information content (AvgIpc) is 2.88. The standard InChI is InChI=1S/C31H65N2O6P/c1-6-8-10-12-14-16-18-20-22-24-30(34)29(28-39-40(36,37)38-27-26-33(3,4)5)32-31(35)25-23-21-19-17-15-13-11-9-7-2/h29-30,34H,6-28H2,1-5H3,(H-,32,35,36,37)/t29-,30+/m0/s1. The van der Waals surface area contributed by atoms with Crippen molar-refractivity contribution in [3.63, 3.8) is 0 Å². The third kappa shape index (κ3) is 26.4. The SMILES string of the molecule is CCCCCCCCCCCC(=O)N[C@@H](COP(=O)([O-])OCC[N+](C)(C)C)[C@H](O)CCCCCCCCCCC. The number of nitrogens with one attached hydrogen (secondary N) is 1. The van der Waals surface area contributed by atoms with Crippen molar-refractivity contribution in [2.45, 2.75) is 154 Å². The van der Waals surface area contributed by atoms with Gasteiger partial charge in [-0.2, -0.15) is 0 Å². The summed E-state index contributed by atoms with van der Waals surface area (Å²) < 4.78 is 23.0. The van der Waals surface area contributed by atoms with E-state index in [-0.39, 0.29) is 19.1 Å². The number of rotatable bonds is 29. The second kappa shape index (κ2) is 25.0. The summed E-state index contributed by atoms with van der Waals surface area (Å²) in [6.45, 7) is 4.64. The fourth-order valence-corrected chi connectivity index (χ4v) is 5.35. The second-order valence-electron chi connectivity index (χ2n) is 12.5. The number of phosphoric ester groups is 1. The van der Waals surface area contributed by atoms with Crippen LogP contribution in [-0.2, 0) is 18.4 Å². The van der Waals surface area contributed by atoms with E-state index >= 15 is 0 Å². The van der Waals surface area contributed by atoms with Gasteiger partial charge in [0, 0.05) is 6.42 Å². The number of likely N-dealkylation sites (N-methyl/N-ethyl adjacent to an activating group) is 1. The van der Waals surface area contributed by atoms with E-state index in [0.29, 0.717) is 23.9 Å². The molecule has 0 heterocycles. The highest BCUT2D eigenvalue weighted by Gasteiger charge is 2.24. The van der Waals surface area contributed by atoms with Crippen LogP contribution in [0.25, 0.3) is 0 Å². The Hall–Kier alpha value is -0.500. The maximum absolute atomic E-state index is 12.6. The molecule has 0 aliphatic rings. The molecule has 2 N–H and O–H groups in total. The van der Waals surface area contributed by atoms with Gasteiger partial charge in [0.05, 0.1) is 39.9 Å². The summed E-state index contributed by atoms with van der Waals surface area (Å²) in [5, 5.41) is 13.7. The first-order valence-electron chi connectivity index (χ1n) is 16.4. The number of hydrogen-bond donors (Lipinski definition) is 2. The number of carbonyl (C=O) groups is 1. The van der Waals surface area contributed by atoms with Crippen molar-refractivity contribution >= 4 is 13.7 Å². The number of carbonyl (C=O) groups excluding carboxylic acids is 1. The summed E-state index contributed by atoms with van der Waals surface area (Å²) in [7, 11) is 1.30. The van der Waals surface area contributed by atoms with Crippen molar-refractivity contribution in [1.29, 1.82) is 0 Å². The number of nitrogens with zero attached hydrogens (tertiary/aromatic N) is 1. The number of aliphatic hydroxyl groups is 1. The van der Waals surface area contributed by atoms with Gasteiger partial charge in [0.2, 0.25) is 5.91 Å². The average molecular weight is 593 g/mol. The fraction of sp³-hybridized carbons (Fsp3) is 0.968. The predicted molar refractivity (Wildman–Crippen MR) is 164 cm³/mol. The highest BCUT2D eigenvalue weighted by atomic mass is 31.2. The summed E-state index contributed by atoms with van der Waals surface area (Å²) in [5.41, 5.74) is 0. The number of amides is 1. The summed E-state index contributed by atoms with van der Waals surface area (Å²) in [6.07, 6.45) is 21.1. The summed E-state index contributed by atoms with van der Waals surface area (Å²) in [5.74, 6) is -0.172. The van der Waals surface area contributed by atoms with Gasteiger partial charge in [0.1, 0.15) is 13.2 Å². The molecule has 3 atom stereocenters. The predicted octanol–water partition coefficient (Wildman–Crippen LogP) is 6.88. The van der Waals surface area contributed by atoms with Crippen LogP contribution in [0.1, 0.15) is 142 Å². The molecule has 0 saturated heterocycles. The molecule has 0 aliphatic heterocycles. The van der Waals surface area contributed by atoms with Gasteiger partial charge in [0.25, 0.3) is 7.82 Å². The van der Waals surface area contributed by atoms with Gasteiger partial charge < -0.3 is 28.8 Å². The summed E-state index contributed by atoms with van der Waals surface area (Å²) in [6, 6.07) is -0.788. The topological polar surface area (TPSA) is 108 Å². The maximum Gasteiger partial charge on any atom is 0.268 e. The molecule has 0 aromatic rings. The maximum atomic E-state index is 12.6. The number of hydrogen-bond acceptors (Lipinski definition) is 6. The van der Waals surface area contributed by atoms with Crippen LogP contribution in [0.15, 0.2) is 0 Å². The van der Waals surface area contributed by atoms with Crippen molar-refractivity contribution < 1.29 is 32.9 Å². The molecule has 0 spiro atoms. The lowest BCUT2D eigenvalue weighted by Gasteiger charge is -2.30. The third-order valence-electron chi connectivity index (χ3n) is 7.35. The quantitative estimate of drug-likeness (QED) is 0.0557. The molecule has 0 aliphatic carbocycles. The molecule has 1 amide bonds. The zero-order valence-electron chi connectivity index (χ0n) is 26.8. The Labute approximate surface area is 247 Å². The smallest absolute Gasteiger partial charge is 0.268 e. The van der Waals surface area contributed by atoms with Crippen molar-refractivity contribution in [3.8, 4) is 0 Å². The summed E-state index contributed by atoms with van der Waals surface area (Å²) in [4.78, 5) is 24.9. The van der Waals surface area contributed by atoms with Gasteiger partial charge in [-0.1, -0.05) is 123 Å². The molecular formula is C31H65N2O6P. The normalized spacial score (nSPS) is 15.1. The number of phosphoric acid groups is 1. The highest BCUT2D eigenvalue weighted by Crippen LogP contribution is 2.38. The Bertz CT molecular complexity index is 644. The molecule has 9 heteroatoms. The highest BCUT2D eigenvalue weighted by molar-refractivity contribution is 7.45. The molecule has 40 heavy (non-hydrogen) atoms. The third-order valence-corrected chi connectivity index (χ3v) is 8.31. The van der Waals surface area contributed by atoms with Crippen molar-refractivity contribution in [2.24, 2.45) is 0 Å². The number of unbranched alkanes of at least 4 members (excludes halogenated alkanes) is 16. The van der Waals surface area contributed by atoms with E-state index in [0.717, 1.165) is 38.5 Å². The minimum Gasteiger partial charge on any atom is -0.756 e. The van der Waals surface area contributed by atoms with Crippen LogP contribution in [0, 0.1) is 0 Å². The first-order valence-corrected chi connectivity index (χ1v) is 17.8. The van der Waals surface area contributed by atoms with E-state index in [9.17, 15) is 19.4 Å². The van der Waals surface area contributed by atoms with Gasteiger partial charge in [-0.15, -0.1) is 0 Å². The lowest BCUT2D eigenvalue weighted by atomic mass is 10.0. The molecule has 0 aromatic heterocycles. The number of aliphatic hydroxyl groups excluding tert-OH is 1. The number of quaternary nitrogens is 1. The van der Waals surface area contributed by atoms with E-state index in [1.807, 2.05) is 21.1 Å². The molecule has 1 unspecified atom stereocenters. The first kappa shape index (κ1) is 39.5. The molecule has 240 valence electrons.